The van der Waals surface area contributed by atoms with Gasteiger partial charge in [0.25, 0.3) is 5.01 Å². The largest absolute Gasteiger partial charge is 0.439 e. The van der Waals surface area contributed by atoms with Crippen molar-refractivity contribution in [1.29, 1.82) is 0 Å². The van der Waals surface area contributed by atoms with Crippen molar-refractivity contribution in [2.75, 3.05) is 11.9 Å². The summed E-state index contributed by atoms with van der Waals surface area (Å²) >= 11 is 1.78. The third-order valence-corrected chi connectivity index (χ3v) is 8.01. The maximum atomic E-state index is 14.8. The van der Waals surface area contributed by atoms with Gasteiger partial charge in [0, 0.05) is 25.3 Å². The van der Waals surface area contributed by atoms with Crippen LogP contribution in [0.1, 0.15) is 29.3 Å². The van der Waals surface area contributed by atoms with Crippen molar-refractivity contribution in [2.45, 2.75) is 18.8 Å². The van der Waals surface area contributed by atoms with Crippen LogP contribution in [0, 0.1) is 5.82 Å². The molecule has 1 aliphatic heterocycles. The van der Waals surface area contributed by atoms with Gasteiger partial charge in [-0.05, 0) is 59.7 Å². The molecular weight excluding hydrogens is 455 g/mol. The molecule has 0 saturated heterocycles. The highest BCUT2D eigenvalue weighted by molar-refractivity contribution is 7.18. The number of benzene rings is 3. The Bertz CT molecular complexity index is 1530. The molecule has 0 amide bonds. The molecule has 35 heavy (non-hydrogen) atoms. The molecule has 2 aliphatic rings. The number of anilines is 1. The van der Waals surface area contributed by atoms with Gasteiger partial charge >= 0.3 is 0 Å². The lowest BCUT2D eigenvalue weighted by Crippen LogP contribution is -2.29. The van der Waals surface area contributed by atoms with Crippen LogP contribution in [0.2, 0.25) is 0 Å². The number of aryl methyl sites for hydroxylation is 1. The molecular formula is C30H26FN2OS+. The molecule has 0 N–H and O–H groups in total. The van der Waals surface area contributed by atoms with Gasteiger partial charge in [0.2, 0.25) is 11.4 Å². The van der Waals surface area contributed by atoms with E-state index in [9.17, 15) is 4.39 Å². The number of thiazole rings is 1. The van der Waals surface area contributed by atoms with E-state index in [0.29, 0.717) is 0 Å². The van der Waals surface area contributed by atoms with Crippen molar-refractivity contribution in [3.63, 3.8) is 0 Å². The average Bonchev–Trinajstić information content (AvgIpc) is 3.35. The number of hydrogen-bond donors (Lipinski definition) is 0. The Morgan fingerprint density at radius 1 is 0.971 bits per heavy atom. The summed E-state index contributed by atoms with van der Waals surface area (Å²) in [5.41, 5.74) is 5.36. The zero-order valence-electron chi connectivity index (χ0n) is 19.7. The highest BCUT2D eigenvalue weighted by Crippen LogP contribution is 2.41. The van der Waals surface area contributed by atoms with E-state index in [1.54, 1.807) is 23.5 Å². The molecule has 1 aliphatic carbocycles. The smallest absolute Gasteiger partial charge is 0.262 e. The van der Waals surface area contributed by atoms with Gasteiger partial charge in [0.15, 0.2) is 5.75 Å². The normalized spacial score (nSPS) is 19.8. The van der Waals surface area contributed by atoms with Crippen molar-refractivity contribution in [3.05, 3.63) is 118 Å². The lowest BCUT2D eigenvalue weighted by atomic mass is 9.81. The molecule has 5 heteroatoms. The predicted octanol–water partition coefficient (Wildman–Crippen LogP) is 7.12. The molecule has 1 atom stereocenters. The molecule has 2 heterocycles. The van der Waals surface area contributed by atoms with Crippen molar-refractivity contribution in [2.24, 2.45) is 7.05 Å². The first kappa shape index (κ1) is 21.8. The molecule has 174 valence electrons. The number of nitrogens with zero attached hydrogens (tertiary/aromatic N) is 2. The minimum Gasteiger partial charge on any atom is -0.439 e. The van der Waals surface area contributed by atoms with Gasteiger partial charge in [0.1, 0.15) is 17.6 Å². The van der Waals surface area contributed by atoms with E-state index in [1.165, 1.54) is 20.8 Å². The Morgan fingerprint density at radius 3 is 2.57 bits per heavy atom. The summed E-state index contributed by atoms with van der Waals surface area (Å²) in [6.07, 6.45) is 8.15. The monoisotopic (exact) mass is 481 g/mol. The number of halogens is 1. The molecule has 0 saturated carbocycles. The summed E-state index contributed by atoms with van der Waals surface area (Å²) in [6, 6.07) is 23.6. The summed E-state index contributed by atoms with van der Waals surface area (Å²) in [7, 11) is 4.12. The number of rotatable bonds is 3. The first-order valence-electron chi connectivity index (χ1n) is 11.8. The van der Waals surface area contributed by atoms with Crippen LogP contribution >= 0.6 is 11.3 Å². The van der Waals surface area contributed by atoms with Gasteiger partial charge in [-0.25, -0.2) is 4.39 Å². The van der Waals surface area contributed by atoms with E-state index < -0.39 is 0 Å². The Balaban J connectivity index is 1.41. The second-order valence-corrected chi connectivity index (χ2v) is 10.2. The number of aromatic nitrogens is 1. The van der Waals surface area contributed by atoms with Gasteiger partial charge < -0.3 is 9.64 Å². The number of para-hydroxylation sites is 3. The lowest BCUT2D eigenvalue weighted by molar-refractivity contribution is -0.642. The lowest BCUT2D eigenvalue weighted by Gasteiger charge is -2.24. The van der Waals surface area contributed by atoms with Crippen molar-refractivity contribution < 1.29 is 13.7 Å². The molecule has 0 radical (unpaired) electrons. The second-order valence-electron chi connectivity index (χ2n) is 9.14. The van der Waals surface area contributed by atoms with E-state index in [1.807, 2.05) is 37.4 Å². The quantitative estimate of drug-likeness (QED) is 0.290. The Hall–Kier alpha value is -3.70. The zero-order chi connectivity index (χ0) is 23.9. The fraction of sp³-hybridized carbons (Fsp3) is 0.167. The number of allylic oxidation sites excluding steroid dienone is 4. The predicted molar refractivity (Wildman–Crippen MR) is 141 cm³/mol. The summed E-state index contributed by atoms with van der Waals surface area (Å²) in [5, 5.41) is 1.18. The van der Waals surface area contributed by atoms with Crippen LogP contribution in [-0.2, 0) is 7.05 Å². The van der Waals surface area contributed by atoms with E-state index in [4.69, 9.17) is 4.74 Å². The summed E-state index contributed by atoms with van der Waals surface area (Å²) in [4.78, 5) is 2.07. The van der Waals surface area contributed by atoms with Crippen molar-refractivity contribution in [1.82, 2.24) is 0 Å². The van der Waals surface area contributed by atoms with Crippen molar-refractivity contribution in [3.8, 4) is 5.75 Å². The van der Waals surface area contributed by atoms with E-state index in [2.05, 4.69) is 65.1 Å². The SMILES string of the molecule is CN1C(=CC2=CC(=Cc3sc4ccccc4[n+]3C)CC(c3ccccc3F)C2)Oc2ccccc21. The number of fused-ring (bicyclic) bond motifs is 2. The van der Waals surface area contributed by atoms with Crippen LogP contribution < -0.4 is 14.2 Å². The molecule has 6 rings (SSSR count). The number of ether oxygens (including phenoxy) is 1. The van der Waals surface area contributed by atoms with E-state index >= 15 is 0 Å². The molecule has 0 fully saturated rings. The van der Waals surface area contributed by atoms with Crippen LogP contribution in [-0.4, -0.2) is 7.05 Å². The fourth-order valence-electron chi connectivity index (χ4n) is 5.04. The van der Waals surface area contributed by atoms with Crippen LogP contribution in [0.5, 0.6) is 5.75 Å². The van der Waals surface area contributed by atoms with Gasteiger partial charge in [-0.2, -0.15) is 4.57 Å². The molecule has 4 aromatic rings. The summed E-state index contributed by atoms with van der Waals surface area (Å²) in [6.45, 7) is 0. The molecule has 0 spiro atoms. The average molecular weight is 482 g/mol. The summed E-state index contributed by atoms with van der Waals surface area (Å²) < 4.78 is 24.5. The third-order valence-electron chi connectivity index (χ3n) is 6.84. The van der Waals surface area contributed by atoms with Crippen LogP contribution in [0.25, 0.3) is 16.3 Å². The zero-order valence-corrected chi connectivity index (χ0v) is 20.6. The van der Waals surface area contributed by atoms with Crippen LogP contribution in [0.4, 0.5) is 10.1 Å². The minimum absolute atomic E-state index is 0.0630. The van der Waals surface area contributed by atoms with E-state index in [0.717, 1.165) is 41.3 Å². The van der Waals surface area contributed by atoms with Crippen LogP contribution in [0.15, 0.2) is 102 Å². The molecule has 3 nitrogen and oxygen atoms in total. The second kappa shape index (κ2) is 8.82. The molecule has 1 aromatic heterocycles. The molecule has 3 aromatic carbocycles. The van der Waals surface area contributed by atoms with Gasteiger partial charge in [-0.1, -0.05) is 59.9 Å². The highest BCUT2D eigenvalue weighted by Gasteiger charge is 2.27. The van der Waals surface area contributed by atoms with Gasteiger partial charge in [-0.15, -0.1) is 0 Å². The fourth-order valence-corrected chi connectivity index (χ4v) is 6.16. The molecule has 0 bridgehead atoms. The van der Waals surface area contributed by atoms with Gasteiger partial charge in [-0.3, -0.25) is 0 Å². The minimum atomic E-state index is -0.139. The first-order valence-corrected chi connectivity index (χ1v) is 12.6. The van der Waals surface area contributed by atoms with E-state index in [-0.39, 0.29) is 11.7 Å². The summed E-state index contributed by atoms with van der Waals surface area (Å²) in [5.74, 6) is 1.57. The number of hydrogen-bond acceptors (Lipinski definition) is 3. The topological polar surface area (TPSA) is 16.4 Å². The Kier molecular flexibility index (Phi) is 5.50. The third kappa shape index (κ3) is 4.06. The maximum Gasteiger partial charge on any atom is 0.262 e. The maximum absolute atomic E-state index is 14.8. The first-order chi connectivity index (χ1) is 17.1. The highest BCUT2D eigenvalue weighted by atomic mass is 32.1. The van der Waals surface area contributed by atoms with Crippen molar-refractivity contribution >= 4 is 33.3 Å². The Morgan fingerprint density at radius 2 is 1.74 bits per heavy atom. The standard InChI is InChI=1S/C30H26FN2OS/c1-32-25-11-5-7-13-27(25)34-29(32)18-20-15-21(17-22(16-20)23-9-3-4-10-24(23)31)19-30-33(2)26-12-6-8-14-28(26)35-30/h3-15,18-19,22H,16-17H2,1-2H3/q+1. The molecule has 1 unspecified atom stereocenters. The van der Waals surface area contributed by atoms with Crippen LogP contribution in [0.3, 0.4) is 0 Å². The van der Waals surface area contributed by atoms with Gasteiger partial charge in [0.05, 0.1) is 5.69 Å². The Labute approximate surface area is 208 Å².